The number of benzene rings is 3. The predicted molar refractivity (Wildman–Crippen MR) is 140 cm³/mol. The molecule has 1 fully saturated rings. The molecule has 3 aromatic carbocycles. The summed E-state index contributed by atoms with van der Waals surface area (Å²) in [6.07, 6.45) is 1.91. The molecule has 2 aliphatic rings. The highest BCUT2D eigenvalue weighted by molar-refractivity contribution is 8.18. The highest BCUT2D eigenvalue weighted by Crippen LogP contribution is 2.31. The van der Waals surface area contributed by atoms with Gasteiger partial charge in [0.15, 0.2) is 5.17 Å². The van der Waals surface area contributed by atoms with Gasteiger partial charge in [-0.15, -0.1) is 0 Å². The fourth-order valence-corrected chi connectivity index (χ4v) is 5.03. The lowest BCUT2D eigenvalue weighted by molar-refractivity contribution is -0.113. The van der Waals surface area contributed by atoms with Gasteiger partial charge >= 0.3 is 0 Å². The van der Waals surface area contributed by atoms with Gasteiger partial charge in [0.05, 0.1) is 4.91 Å². The number of carbonyl (C=O) groups excluding carboxylic acids is 1. The summed E-state index contributed by atoms with van der Waals surface area (Å²) < 4.78 is 5.86. The molecule has 0 aromatic heterocycles. The van der Waals surface area contributed by atoms with Crippen LogP contribution in [0.2, 0.25) is 0 Å². The van der Waals surface area contributed by atoms with Gasteiger partial charge in [-0.1, -0.05) is 54.6 Å². The topological polar surface area (TPSA) is 45.1 Å². The number of ether oxygens (including phenoxy) is 1. The molecule has 6 heteroatoms. The van der Waals surface area contributed by atoms with E-state index >= 15 is 0 Å². The van der Waals surface area contributed by atoms with Gasteiger partial charge in [-0.3, -0.25) is 4.79 Å². The number of piperazine rings is 1. The molecule has 5 rings (SSSR count). The Kier molecular flexibility index (Phi) is 6.67. The monoisotopic (exact) mass is 469 g/mol. The molecule has 34 heavy (non-hydrogen) atoms. The number of amidine groups is 1. The maximum atomic E-state index is 12.5. The average Bonchev–Trinajstić information content (AvgIpc) is 3.24. The lowest BCUT2D eigenvalue weighted by Gasteiger charge is -2.36. The third kappa shape index (κ3) is 5.34. The van der Waals surface area contributed by atoms with E-state index in [0.29, 0.717) is 11.5 Å². The Bertz CT molecular complexity index is 1210. The largest absolute Gasteiger partial charge is 0.489 e. The molecule has 0 atom stereocenters. The summed E-state index contributed by atoms with van der Waals surface area (Å²) in [5, 5.41) is 0.808. The number of hydrogen-bond acceptors (Lipinski definition) is 5. The SMILES string of the molecule is Cc1cccc(N2CCN(C3=NC(=O)/C(=C/c4ccc(OCc5ccccc5)cc4)S3)CC2)c1. The highest BCUT2D eigenvalue weighted by Gasteiger charge is 2.28. The number of aliphatic imine (C=N–C) groups is 1. The van der Waals surface area contributed by atoms with Crippen LogP contribution in [0.1, 0.15) is 16.7 Å². The van der Waals surface area contributed by atoms with Crippen LogP contribution in [-0.4, -0.2) is 42.2 Å². The van der Waals surface area contributed by atoms with Crippen LogP contribution in [0.4, 0.5) is 5.69 Å². The van der Waals surface area contributed by atoms with E-state index in [2.05, 4.69) is 46.0 Å². The van der Waals surface area contributed by atoms with Crippen molar-refractivity contribution in [3.8, 4) is 5.75 Å². The lowest BCUT2D eigenvalue weighted by Crippen LogP contribution is -2.47. The van der Waals surface area contributed by atoms with Crippen molar-refractivity contribution in [2.75, 3.05) is 31.1 Å². The number of thioether (sulfide) groups is 1. The Morgan fingerprint density at radius 3 is 2.38 bits per heavy atom. The predicted octanol–water partition coefficient (Wildman–Crippen LogP) is 5.37. The van der Waals surface area contributed by atoms with Gasteiger partial charge in [0.2, 0.25) is 0 Å². The first-order valence-electron chi connectivity index (χ1n) is 11.5. The van der Waals surface area contributed by atoms with Gasteiger partial charge in [0.25, 0.3) is 5.91 Å². The van der Waals surface area contributed by atoms with Crippen molar-refractivity contribution in [3.63, 3.8) is 0 Å². The molecule has 1 saturated heterocycles. The van der Waals surface area contributed by atoms with E-state index in [1.54, 1.807) is 0 Å². The van der Waals surface area contributed by atoms with E-state index in [0.717, 1.165) is 48.2 Å². The number of carbonyl (C=O) groups is 1. The van der Waals surface area contributed by atoms with Crippen molar-refractivity contribution < 1.29 is 9.53 Å². The third-order valence-corrected chi connectivity index (χ3v) is 7.00. The van der Waals surface area contributed by atoms with Crippen molar-refractivity contribution >= 4 is 34.6 Å². The zero-order chi connectivity index (χ0) is 23.3. The Labute approximate surface area is 204 Å². The molecule has 0 unspecified atom stereocenters. The smallest absolute Gasteiger partial charge is 0.286 e. The minimum absolute atomic E-state index is 0.162. The van der Waals surface area contributed by atoms with Crippen molar-refractivity contribution in [1.29, 1.82) is 0 Å². The minimum atomic E-state index is -0.162. The fraction of sp³-hybridized carbons (Fsp3) is 0.214. The van der Waals surface area contributed by atoms with Crippen molar-refractivity contribution in [2.24, 2.45) is 4.99 Å². The molecule has 0 spiro atoms. The lowest BCUT2D eigenvalue weighted by atomic mass is 10.2. The molecule has 0 radical (unpaired) electrons. The van der Waals surface area contributed by atoms with Crippen molar-refractivity contribution in [1.82, 2.24) is 4.90 Å². The highest BCUT2D eigenvalue weighted by atomic mass is 32.2. The van der Waals surface area contributed by atoms with Crippen LogP contribution in [0, 0.1) is 6.92 Å². The number of nitrogens with zero attached hydrogens (tertiary/aromatic N) is 3. The fourth-order valence-electron chi connectivity index (χ4n) is 4.07. The summed E-state index contributed by atoms with van der Waals surface area (Å²) in [7, 11) is 0. The van der Waals surface area contributed by atoms with Crippen LogP contribution < -0.4 is 9.64 Å². The van der Waals surface area contributed by atoms with Crippen LogP contribution in [0.25, 0.3) is 6.08 Å². The molecule has 0 bridgehead atoms. The van der Waals surface area contributed by atoms with Gasteiger partial charge in [-0.05, 0) is 65.7 Å². The van der Waals surface area contributed by atoms with Gasteiger partial charge < -0.3 is 14.5 Å². The van der Waals surface area contributed by atoms with E-state index in [-0.39, 0.29) is 5.91 Å². The summed E-state index contributed by atoms with van der Waals surface area (Å²) in [5.41, 5.74) is 4.62. The summed E-state index contributed by atoms with van der Waals surface area (Å²) in [6, 6.07) is 26.5. The Hall–Kier alpha value is -3.51. The van der Waals surface area contributed by atoms with E-state index in [1.165, 1.54) is 23.0 Å². The molecule has 0 saturated carbocycles. The standard InChI is InChI=1S/C28H27N3O2S/c1-21-6-5-9-24(18-21)30-14-16-31(17-15-30)28-29-27(32)26(34-28)19-22-10-12-25(13-11-22)33-20-23-7-3-2-4-8-23/h2-13,18-19H,14-17,20H2,1H3/b26-19-. The first kappa shape index (κ1) is 22.3. The molecule has 2 aliphatic heterocycles. The Balaban J connectivity index is 1.16. The second-order valence-electron chi connectivity index (χ2n) is 8.47. The number of hydrogen-bond donors (Lipinski definition) is 0. The number of amides is 1. The first-order chi connectivity index (χ1) is 16.6. The number of anilines is 1. The first-order valence-corrected chi connectivity index (χ1v) is 12.3. The van der Waals surface area contributed by atoms with Crippen LogP contribution >= 0.6 is 11.8 Å². The minimum Gasteiger partial charge on any atom is -0.489 e. The molecule has 5 nitrogen and oxygen atoms in total. The normalized spacial score (nSPS) is 17.3. The summed E-state index contributed by atoms with van der Waals surface area (Å²) in [5.74, 6) is 0.644. The summed E-state index contributed by atoms with van der Waals surface area (Å²) in [4.78, 5) is 22.2. The second-order valence-corrected chi connectivity index (χ2v) is 9.48. The van der Waals surface area contributed by atoms with Crippen LogP contribution in [0.3, 0.4) is 0 Å². The van der Waals surface area contributed by atoms with Gasteiger partial charge in [-0.2, -0.15) is 4.99 Å². The second kappa shape index (κ2) is 10.2. The zero-order valence-corrected chi connectivity index (χ0v) is 20.0. The van der Waals surface area contributed by atoms with Crippen molar-refractivity contribution in [3.05, 3.63) is 100 Å². The molecular weight excluding hydrogens is 442 g/mol. The molecule has 172 valence electrons. The van der Waals surface area contributed by atoms with Crippen LogP contribution in [-0.2, 0) is 11.4 Å². The molecule has 2 heterocycles. The van der Waals surface area contributed by atoms with Crippen molar-refractivity contribution in [2.45, 2.75) is 13.5 Å². The Morgan fingerprint density at radius 1 is 0.912 bits per heavy atom. The van der Waals surface area contributed by atoms with Crippen LogP contribution in [0.15, 0.2) is 88.8 Å². The number of rotatable bonds is 5. The number of aryl methyl sites for hydroxylation is 1. The van der Waals surface area contributed by atoms with Crippen LogP contribution in [0.5, 0.6) is 5.75 Å². The van der Waals surface area contributed by atoms with E-state index in [9.17, 15) is 4.79 Å². The molecule has 1 amide bonds. The maximum Gasteiger partial charge on any atom is 0.286 e. The van der Waals surface area contributed by atoms with E-state index in [1.807, 2.05) is 60.7 Å². The van der Waals surface area contributed by atoms with E-state index < -0.39 is 0 Å². The summed E-state index contributed by atoms with van der Waals surface area (Å²) in [6.45, 7) is 6.20. The maximum absolute atomic E-state index is 12.5. The van der Waals surface area contributed by atoms with Gasteiger partial charge in [0.1, 0.15) is 12.4 Å². The molecular formula is C28H27N3O2S. The molecule has 3 aromatic rings. The van der Waals surface area contributed by atoms with Gasteiger partial charge in [0, 0.05) is 31.9 Å². The van der Waals surface area contributed by atoms with E-state index in [4.69, 9.17) is 4.74 Å². The third-order valence-electron chi connectivity index (χ3n) is 5.95. The summed E-state index contributed by atoms with van der Waals surface area (Å²) >= 11 is 1.47. The molecule has 0 N–H and O–H groups in total. The average molecular weight is 470 g/mol. The van der Waals surface area contributed by atoms with Gasteiger partial charge in [-0.25, -0.2) is 0 Å². The molecule has 0 aliphatic carbocycles. The zero-order valence-electron chi connectivity index (χ0n) is 19.2. The quantitative estimate of drug-likeness (QED) is 0.471. The Morgan fingerprint density at radius 2 is 1.65 bits per heavy atom.